The van der Waals surface area contributed by atoms with Crippen LogP contribution in [0.1, 0.15) is 208 Å². The fourth-order valence-corrected chi connectivity index (χ4v) is 11.2. The maximum atomic E-state index is 16.0. The minimum absolute atomic E-state index is 0.0811. The summed E-state index contributed by atoms with van der Waals surface area (Å²) in [5, 5.41) is 0. The highest BCUT2D eigenvalue weighted by Crippen LogP contribution is 2.66. The highest BCUT2D eigenvalue weighted by Gasteiger charge is 2.60. The van der Waals surface area contributed by atoms with Crippen LogP contribution in [0.2, 0.25) is 0 Å². The van der Waals surface area contributed by atoms with Crippen molar-refractivity contribution < 1.29 is 33.0 Å². The van der Waals surface area contributed by atoms with Gasteiger partial charge in [0.05, 0.1) is 19.8 Å². The van der Waals surface area contributed by atoms with Crippen LogP contribution in [0.25, 0.3) is 0 Å². The molecule has 0 radical (unpaired) electrons. The minimum Gasteiger partial charge on any atom is -0.465 e. The van der Waals surface area contributed by atoms with Crippen molar-refractivity contribution in [3.8, 4) is 0 Å². The molecule has 326 valence electrons. The molecule has 0 aromatic rings. The highest BCUT2D eigenvalue weighted by atomic mass is 19.1. The van der Waals surface area contributed by atoms with Gasteiger partial charge in [0.15, 0.2) is 6.17 Å². The first kappa shape index (κ1) is 48.7. The first-order valence-electron chi connectivity index (χ1n) is 23.8. The van der Waals surface area contributed by atoms with Crippen LogP contribution in [0.4, 0.5) is 4.39 Å². The number of unbranched alkanes of at least 4 members (excludes halogenated alkanes) is 8. The van der Waals surface area contributed by atoms with E-state index in [0.717, 1.165) is 148 Å². The molecule has 4 unspecified atom stereocenters. The van der Waals surface area contributed by atoms with Crippen LogP contribution in [0.5, 0.6) is 0 Å². The molecule has 4 saturated carbocycles. The summed E-state index contributed by atoms with van der Waals surface area (Å²) in [4.78, 5) is 42.5. The molecule has 4 rings (SSSR count). The lowest BCUT2D eigenvalue weighted by Gasteiger charge is -2.54. The summed E-state index contributed by atoms with van der Waals surface area (Å²) >= 11 is 0. The second-order valence-electron chi connectivity index (χ2n) is 19.1. The lowest BCUT2D eigenvalue weighted by molar-refractivity contribution is -0.168. The van der Waals surface area contributed by atoms with Crippen molar-refractivity contribution in [3.63, 3.8) is 0 Å². The average molecular weight is 792 g/mol. The molecule has 0 amide bonds. The molecule has 4 fully saturated rings. The smallest absolute Gasteiger partial charge is 0.341 e. The molecule has 7 nitrogen and oxygen atoms in total. The van der Waals surface area contributed by atoms with E-state index in [9.17, 15) is 14.4 Å². The predicted molar refractivity (Wildman–Crippen MR) is 226 cm³/mol. The van der Waals surface area contributed by atoms with E-state index in [0.29, 0.717) is 37.9 Å². The van der Waals surface area contributed by atoms with Crippen LogP contribution < -0.4 is 0 Å². The normalized spacial score (nSPS) is 24.9. The second kappa shape index (κ2) is 25.7. The Balaban J connectivity index is 1.76. The zero-order chi connectivity index (χ0) is 40.9. The van der Waals surface area contributed by atoms with Crippen molar-refractivity contribution in [2.24, 2.45) is 34.0 Å². The predicted octanol–water partition coefficient (Wildman–Crippen LogP) is 12.4. The summed E-state index contributed by atoms with van der Waals surface area (Å²) < 4.78 is 34.5. The second-order valence-corrected chi connectivity index (χ2v) is 19.1. The number of carbonyl (C=O) groups excluding carboxylic acids is 3. The van der Waals surface area contributed by atoms with E-state index < -0.39 is 12.1 Å². The molecule has 56 heavy (non-hydrogen) atoms. The van der Waals surface area contributed by atoms with Crippen molar-refractivity contribution >= 4 is 17.9 Å². The zero-order valence-electron chi connectivity index (χ0n) is 37.2. The molecule has 0 spiro atoms. The zero-order valence-corrected chi connectivity index (χ0v) is 37.2. The van der Waals surface area contributed by atoms with Gasteiger partial charge in [0.1, 0.15) is 0 Å². The van der Waals surface area contributed by atoms with E-state index >= 15 is 4.39 Å². The van der Waals surface area contributed by atoms with Gasteiger partial charge in [-0.05, 0) is 109 Å². The first-order chi connectivity index (χ1) is 27.0. The van der Waals surface area contributed by atoms with Crippen LogP contribution in [-0.2, 0) is 28.6 Å². The molecular weight excluding hydrogens is 706 g/mol. The van der Waals surface area contributed by atoms with Gasteiger partial charge in [0, 0.05) is 35.0 Å². The summed E-state index contributed by atoms with van der Waals surface area (Å²) in [5.41, 5.74) is -0.778. The lowest BCUT2D eigenvalue weighted by atomic mass is 9.51. The molecule has 0 saturated heterocycles. The van der Waals surface area contributed by atoms with Crippen LogP contribution in [-0.4, -0.2) is 68.4 Å². The van der Waals surface area contributed by atoms with E-state index in [2.05, 4.69) is 46.4 Å². The molecular formula is C48H86FNO6. The fourth-order valence-electron chi connectivity index (χ4n) is 11.2. The van der Waals surface area contributed by atoms with Crippen molar-refractivity contribution in [1.82, 2.24) is 4.90 Å². The first-order valence-corrected chi connectivity index (χ1v) is 23.8. The van der Waals surface area contributed by atoms with Crippen molar-refractivity contribution in [1.29, 1.82) is 0 Å². The molecule has 0 aromatic carbocycles. The Morgan fingerprint density at radius 3 is 1.57 bits per heavy atom. The summed E-state index contributed by atoms with van der Waals surface area (Å²) in [5.74, 6) is -0.501. The van der Waals surface area contributed by atoms with Crippen LogP contribution in [0, 0.1) is 34.0 Å². The van der Waals surface area contributed by atoms with E-state index in [4.69, 9.17) is 14.2 Å². The van der Waals surface area contributed by atoms with Gasteiger partial charge in [0.25, 0.3) is 0 Å². The summed E-state index contributed by atoms with van der Waals surface area (Å²) in [6.45, 7) is 16.8. The summed E-state index contributed by atoms with van der Waals surface area (Å²) in [6.07, 6.45) is 23.0. The quantitative estimate of drug-likeness (QED) is 0.0381. The van der Waals surface area contributed by atoms with Gasteiger partial charge < -0.3 is 19.1 Å². The number of alkyl halides is 1. The SMILES string of the molecule is CCCCCC(CCCCC)CC(=O)OCC12CCC3(COC(=O)CCCN(CC)CC)CC(C1)CC(COC(=O)[C@H](F)C(CCCCC)CCCCC)(C3)C2. The largest absolute Gasteiger partial charge is 0.465 e. The summed E-state index contributed by atoms with van der Waals surface area (Å²) in [7, 11) is 0. The molecule has 0 heterocycles. The van der Waals surface area contributed by atoms with Crippen molar-refractivity contribution in [2.45, 2.75) is 215 Å². The van der Waals surface area contributed by atoms with Crippen molar-refractivity contribution in [3.05, 3.63) is 0 Å². The molecule has 0 aliphatic heterocycles. The average Bonchev–Trinajstić information content (AvgIpc) is 3.36. The Kier molecular flexibility index (Phi) is 22.3. The van der Waals surface area contributed by atoms with E-state index in [-0.39, 0.29) is 40.7 Å². The van der Waals surface area contributed by atoms with Gasteiger partial charge in [-0.2, -0.15) is 0 Å². The number of rotatable bonds is 32. The minimum atomic E-state index is -1.61. The van der Waals surface area contributed by atoms with Gasteiger partial charge in [-0.25, -0.2) is 9.18 Å². The molecule has 4 aliphatic carbocycles. The molecule has 8 heteroatoms. The van der Waals surface area contributed by atoms with Crippen LogP contribution in [0.15, 0.2) is 0 Å². The maximum absolute atomic E-state index is 16.0. The third-order valence-electron chi connectivity index (χ3n) is 14.1. The van der Waals surface area contributed by atoms with E-state index in [1.165, 1.54) is 25.7 Å². The monoisotopic (exact) mass is 792 g/mol. The Bertz CT molecular complexity index is 1110. The Morgan fingerprint density at radius 1 is 0.607 bits per heavy atom. The van der Waals surface area contributed by atoms with Crippen LogP contribution in [0.3, 0.4) is 0 Å². The lowest BCUT2D eigenvalue weighted by Crippen LogP contribution is -2.50. The van der Waals surface area contributed by atoms with E-state index in [1.807, 2.05) is 0 Å². The Morgan fingerprint density at radius 2 is 1.07 bits per heavy atom. The van der Waals surface area contributed by atoms with Gasteiger partial charge >= 0.3 is 17.9 Å². The third-order valence-corrected chi connectivity index (χ3v) is 14.1. The number of esters is 3. The molecule has 5 atom stereocenters. The number of nitrogens with zero attached hydrogens (tertiary/aromatic N) is 1. The number of ether oxygens (including phenoxy) is 3. The number of halogens is 1. The number of hydrogen-bond donors (Lipinski definition) is 0. The van der Waals surface area contributed by atoms with Crippen molar-refractivity contribution in [2.75, 3.05) is 39.5 Å². The molecule has 4 aliphatic rings. The highest BCUT2D eigenvalue weighted by molar-refractivity contribution is 5.75. The van der Waals surface area contributed by atoms with Gasteiger partial charge in [-0.15, -0.1) is 0 Å². The van der Waals surface area contributed by atoms with Gasteiger partial charge in [-0.1, -0.05) is 119 Å². The number of carbonyl (C=O) groups is 3. The van der Waals surface area contributed by atoms with Gasteiger partial charge in [-0.3, -0.25) is 9.59 Å². The standard InChI is InChI=1S/C48H86FNO6/c1-7-13-17-22-39(23-18-14-8-2)30-43(52)55-37-47-28-27-46(36-54-42(51)26-21-29-50(11-5)12-6)31-40(32-47)33-48(34-46,35-47)38-56-45(53)44(49)41(24-19-15-9-3)25-20-16-10-4/h39-41,44H,7-38H2,1-6H3/t40?,44-,46?,47?,48?/m1/s1. The molecule has 0 N–H and O–H groups in total. The van der Waals surface area contributed by atoms with E-state index in [1.54, 1.807) is 0 Å². The Hall–Kier alpha value is -1.70. The molecule has 4 bridgehead atoms. The maximum Gasteiger partial charge on any atom is 0.341 e. The third kappa shape index (κ3) is 16.2. The number of fused-ring (bicyclic) bond motifs is 1. The Labute approximate surface area is 343 Å². The number of hydrogen-bond acceptors (Lipinski definition) is 7. The molecule has 0 aromatic heterocycles. The summed E-state index contributed by atoms with van der Waals surface area (Å²) in [6, 6.07) is 0. The fraction of sp³-hybridized carbons (Fsp3) is 0.938. The van der Waals surface area contributed by atoms with Crippen LogP contribution >= 0.6 is 0 Å². The topological polar surface area (TPSA) is 82.1 Å². The van der Waals surface area contributed by atoms with Gasteiger partial charge in [0.2, 0.25) is 0 Å².